The van der Waals surface area contributed by atoms with Crippen molar-refractivity contribution in [1.29, 1.82) is 0 Å². The van der Waals surface area contributed by atoms with Crippen LogP contribution in [0.5, 0.6) is 0 Å². The smallest absolute Gasteiger partial charge is 0.235 e. The molecule has 0 bridgehead atoms. The zero-order chi connectivity index (χ0) is 61.3. The molecule has 0 amide bonds. The first-order valence-corrected chi connectivity index (χ1v) is 32.7. The summed E-state index contributed by atoms with van der Waals surface area (Å²) < 4.78 is 4.83. The van der Waals surface area contributed by atoms with Gasteiger partial charge in [-0.1, -0.05) is 255 Å². The molecular weight excluding hydrogens is 1150 g/mol. The summed E-state index contributed by atoms with van der Waals surface area (Å²) in [5.74, 6) is 1.69. The number of fused-ring (bicyclic) bond motifs is 9. The van der Waals surface area contributed by atoms with E-state index in [-0.39, 0.29) is 24.3 Å². The van der Waals surface area contributed by atoms with Crippen LogP contribution in [-0.2, 0) is 0 Å². The zero-order valence-corrected chi connectivity index (χ0v) is 51.4. The number of amidine groups is 1. The molecule has 5 heterocycles. The lowest BCUT2D eigenvalue weighted by Crippen LogP contribution is -2.45. The number of allylic oxidation sites excluding steroid dienone is 2. The summed E-state index contributed by atoms with van der Waals surface area (Å²) >= 11 is 1.86. The summed E-state index contributed by atoms with van der Waals surface area (Å²) in [6.45, 7) is 0. The molecule has 0 saturated carbocycles. The zero-order valence-electron chi connectivity index (χ0n) is 50.6. The van der Waals surface area contributed by atoms with Gasteiger partial charge in [-0.25, -0.2) is 15.0 Å². The SMILES string of the molecule is C1=CC2c3ccc(-c4ccc(-c5ccc6c(c5)c5cc(-c7cccc8c7sc7ccccc78)ccc5n6-c5nccc(-c6ccc(-c7ccccc7)cc6)n5)cc4)cc3N(c3cccc(C4N=C(c5cccc(-c6ccccc6)c5)NC(c5ccccc5)N4)c3)C2C=C1. The number of hydrogen-bond acceptors (Lipinski definition) is 7. The van der Waals surface area contributed by atoms with Gasteiger partial charge in [0.15, 0.2) is 0 Å². The lowest BCUT2D eigenvalue weighted by atomic mass is 9.90. The third-order valence-electron chi connectivity index (χ3n) is 18.9. The molecule has 1 aliphatic carbocycles. The van der Waals surface area contributed by atoms with Crippen molar-refractivity contribution < 1.29 is 0 Å². The lowest BCUT2D eigenvalue weighted by Gasteiger charge is -2.33. The molecule has 4 atom stereocenters. The second kappa shape index (κ2) is 22.7. The summed E-state index contributed by atoms with van der Waals surface area (Å²) in [6, 6.07) is 106. The van der Waals surface area contributed by atoms with E-state index in [4.69, 9.17) is 15.0 Å². The van der Waals surface area contributed by atoms with E-state index in [2.05, 4.69) is 330 Å². The maximum absolute atomic E-state index is 5.45. The fraction of sp³-hybridized carbons (Fsp3) is 0.0471. The Bertz CT molecular complexity index is 5480. The first-order valence-electron chi connectivity index (χ1n) is 31.9. The third-order valence-corrected chi connectivity index (χ3v) is 20.1. The number of nitrogens with one attached hydrogen (secondary N) is 2. The van der Waals surface area contributed by atoms with Gasteiger partial charge in [0.1, 0.15) is 18.2 Å². The standard InChI is InChI=1S/C85H59N7S/c1-4-17-54(18-5-1)56-37-39-59(40-38-56)75-47-48-86-85(87-75)92-77-45-42-62(51-73(77)74-52-64(43-46-78(74)92)68-29-16-30-72-71-28-11-13-32-80(71)93-81(68)72)57-33-35-58(36-34-57)63-41-44-70-69-27-10-12-31-76(69)91(79(70)53-63)67-26-15-25-66(50-67)84-89-82(60-21-8-3-9-22-60)88-83(90-84)65-24-14-23-61(49-65)55-19-6-2-7-20-55/h1-53,69,76,82,84,89H,(H,88,90). The monoisotopic (exact) mass is 1210 g/mol. The Kier molecular flexibility index (Phi) is 13.3. The third kappa shape index (κ3) is 9.74. The number of nitrogens with zero attached hydrogens (tertiary/aromatic N) is 5. The van der Waals surface area contributed by atoms with Crippen LogP contribution in [0.4, 0.5) is 11.4 Å². The van der Waals surface area contributed by atoms with Gasteiger partial charge >= 0.3 is 0 Å². The van der Waals surface area contributed by atoms with Crippen molar-refractivity contribution in [1.82, 2.24) is 25.2 Å². The molecule has 0 fully saturated rings. The van der Waals surface area contributed by atoms with Gasteiger partial charge in [-0.2, -0.15) is 0 Å². The highest BCUT2D eigenvalue weighted by Gasteiger charge is 2.38. The minimum absolute atomic E-state index is 0.116. The molecule has 440 valence electrons. The van der Waals surface area contributed by atoms with Crippen LogP contribution < -0.4 is 15.5 Å². The number of anilines is 2. The molecule has 2 aliphatic heterocycles. The molecule has 3 aliphatic rings. The fourth-order valence-corrected chi connectivity index (χ4v) is 15.6. The number of benzene rings is 12. The Morgan fingerprint density at radius 1 is 0.409 bits per heavy atom. The molecule has 15 aromatic rings. The number of rotatable bonds is 11. The van der Waals surface area contributed by atoms with Gasteiger partial charge in [-0.05, 0) is 133 Å². The quantitative estimate of drug-likeness (QED) is 0.135. The van der Waals surface area contributed by atoms with Gasteiger partial charge < -0.3 is 10.2 Å². The van der Waals surface area contributed by atoms with Crippen molar-refractivity contribution in [2.45, 2.75) is 24.3 Å². The van der Waals surface area contributed by atoms with Crippen LogP contribution in [0.1, 0.15) is 40.5 Å². The van der Waals surface area contributed by atoms with Crippen molar-refractivity contribution in [3.63, 3.8) is 0 Å². The summed E-state index contributed by atoms with van der Waals surface area (Å²) in [5.41, 5.74) is 22.6. The highest BCUT2D eigenvalue weighted by Crippen LogP contribution is 2.50. The van der Waals surface area contributed by atoms with E-state index >= 15 is 0 Å². The van der Waals surface area contributed by atoms with Gasteiger partial charge in [0.2, 0.25) is 5.95 Å². The normalized spacial score (nSPS) is 16.6. The molecular formula is C85H59N7S. The molecule has 4 unspecified atom stereocenters. The van der Waals surface area contributed by atoms with E-state index in [1.165, 1.54) is 64.8 Å². The van der Waals surface area contributed by atoms with E-state index in [1.807, 2.05) is 23.6 Å². The maximum atomic E-state index is 5.45. The molecule has 18 rings (SSSR count). The minimum atomic E-state index is -0.317. The van der Waals surface area contributed by atoms with Crippen LogP contribution in [0.3, 0.4) is 0 Å². The lowest BCUT2D eigenvalue weighted by molar-refractivity contribution is 0.409. The van der Waals surface area contributed by atoms with E-state index in [0.29, 0.717) is 5.95 Å². The van der Waals surface area contributed by atoms with E-state index < -0.39 is 0 Å². The van der Waals surface area contributed by atoms with Crippen LogP contribution in [0.15, 0.2) is 327 Å². The van der Waals surface area contributed by atoms with Crippen molar-refractivity contribution >= 4 is 70.5 Å². The first kappa shape index (κ1) is 54.4. The number of aromatic nitrogens is 3. The van der Waals surface area contributed by atoms with Crippen LogP contribution in [-0.4, -0.2) is 26.4 Å². The topological polar surface area (TPSA) is 70.4 Å². The second-order valence-corrected chi connectivity index (χ2v) is 25.4. The largest absolute Gasteiger partial charge is 0.350 e. The fourth-order valence-electron chi connectivity index (χ4n) is 14.3. The maximum Gasteiger partial charge on any atom is 0.235 e. The Morgan fingerprint density at radius 3 is 1.76 bits per heavy atom. The summed E-state index contributed by atoms with van der Waals surface area (Å²) in [6.07, 6.45) is 10.5. The molecule has 0 spiro atoms. The van der Waals surface area contributed by atoms with Crippen LogP contribution >= 0.6 is 11.3 Å². The molecule has 12 aromatic carbocycles. The van der Waals surface area contributed by atoms with E-state index in [9.17, 15) is 0 Å². The van der Waals surface area contributed by atoms with Crippen molar-refractivity contribution in [3.05, 3.63) is 344 Å². The molecule has 0 radical (unpaired) electrons. The molecule has 8 heteroatoms. The van der Waals surface area contributed by atoms with Gasteiger partial charge in [0, 0.05) is 65.6 Å². The molecule has 93 heavy (non-hydrogen) atoms. The summed E-state index contributed by atoms with van der Waals surface area (Å²) in [4.78, 5) is 18.3. The number of hydrogen-bond donors (Lipinski definition) is 2. The molecule has 7 nitrogen and oxygen atoms in total. The van der Waals surface area contributed by atoms with Gasteiger partial charge in [0.25, 0.3) is 0 Å². The van der Waals surface area contributed by atoms with Crippen molar-refractivity contribution in [3.8, 4) is 72.8 Å². The van der Waals surface area contributed by atoms with E-state index in [0.717, 1.165) is 83.5 Å². The van der Waals surface area contributed by atoms with E-state index in [1.54, 1.807) is 0 Å². The molecule has 0 saturated heterocycles. The van der Waals surface area contributed by atoms with Crippen molar-refractivity contribution in [2.24, 2.45) is 4.99 Å². The number of aliphatic imine (C=N–C) groups is 1. The molecule has 3 aromatic heterocycles. The Labute approximate surface area is 543 Å². The molecule has 2 N–H and O–H groups in total. The van der Waals surface area contributed by atoms with Gasteiger partial charge in [-0.15, -0.1) is 11.3 Å². The minimum Gasteiger partial charge on any atom is -0.350 e. The second-order valence-electron chi connectivity index (χ2n) is 24.3. The highest BCUT2D eigenvalue weighted by atomic mass is 32.1. The van der Waals surface area contributed by atoms with Crippen LogP contribution in [0, 0.1) is 0 Å². The van der Waals surface area contributed by atoms with Crippen molar-refractivity contribution in [2.75, 3.05) is 4.90 Å². The first-order chi connectivity index (χ1) is 46.1. The van der Waals surface area contributed by atoms with Crippen LogP contribution in [0.2, 0.25) is 0 Å². The Morgan fingerprint density at radius 2 is 0.978 bits per heavy atom. The number of thiophene rings is 1. The predicted molar refractivity (Wildman–Crippen MR) is 386 cm³/mol. The van der Waals surface area contributed by atoms with Crippen LogP contribution in [0.25, 0.3) is 115 Å². The predicted octanol–water partition coefficient (Wildman–Crippen LogP) is 21.0. The Balaban J connectivity index is 0.693. The van der Waals surface area contributed by atoms with Gasteiger partial charge in [0.05, 0.1) is 22.8 Å². The average molecular weight is 1210 g/mol. The highest BCUT2D eigenvalue weighted by molar-refractivity contribution is 7.26. The summed E-state index contributed by atoms with van der Waals surface area (Å²) in [7, 11) is 0. The Hall–Kier alpha value is -11.6. The summed E-state index contributed by atoms with van der Waals surface area (Å²) in [5, 5.41) is 12.5. The van der Waals surface area contributed by atoms with Gasteiger partial charge in [-0.3, -0.25) is 9.88 Å². The average Bonchev–Trinajstić information content (AvgIpc) is 1.65.